The number of piperidine rings is 1. The second-order valence-corrected chi connectivity index (χ2v) is 7.14. The largest absolute Gasteiger partial charge is 0.508 e. The predicted octanol–water partition coefficient (Wildman–Crippen LogP) is 5.44. The van der Waals surface area contributed by atoms with Gasteiger partial charge in [-0.15, -0.1) is 0 Å². The lowest BCUT2D eigenvalue weighted by molar-refractivity contribution is 0.368. The smallest absolute Gasteiger partial charge is 0.115 e. The van der Waals surface area contributed by atoms with Gasteiger partial charge in [0.2, 0.25) is 0 Å². The van der Waals surface area contributed by atoms with E-state index in [1.807, 2.05) is 12.1 Å². The van der Waals surface area contributed by atoms with E-state index in [4.69, 9.17) is 0 Å². The van der Waals surface area contributed by atoms with Crippen LogP contribution in [0.25, 0.3) is 0 Å². The minimum absolute atomic E-state index is 0.333. The van der Waals surface area contributed by atoms with Crippen molar-refractivity contribution in [2.75, 3.05) is 18.0 Å². The number of phenolic OH excluding ortho intramolecular Hbond substituents is 1. The fourth-order valence-electron chi connectivity index (χ4n) is 4.21. The van der Waals surface area contributed by atoms with Crippen LogP contribution in [-0.2, 0) is 0 Å². The highest BCUT2D eigenvalue weighted by Crippen LogP contribution is 2.39. The SMILES string of the molecule is Oc1ccc(C(c2ccccc2)C2CCN(c3ccccc3)CC2)cc1. The van der Waals surface area contributed by atoms with E-state index in [0.717, 1.165) is 13.1 Å². The molecule has 0 saturated carbocycles. The van der Waals surface area contributed by atoms with E-state index in [-0.39, 0.29) is 0 Å². The lowest BCUT2D eigenvalue weighted by atomic mass is 9.76. The number of para-hydroxylation sites is 1. The molecular weight excluding hydrogens is 318 g/mol. The molecule has 1 saturated heterocycles. The fraction of sp³-hybridized carbons (Fsp3) is 0.250. The number of aromatic hydroxyl groups is 1. The Morgan fingerprint density at radius 1 is 0.692 bits per heavy atom. The molecule has 4 rings (SSSR count). The topological polar surface area (TPSA) is 23.5 Å². The quantitative estimate of drug-likeness (QED) is 0.682. The molecule has 0 amide bonds. The molecule has 0 aromatic heterocycles. The zero-order valence-corrected chi connectivity index (χ0v) is 15.0. The third-order valence-electron chi connectivity index (χ3n) is 5.54. The molecular formula is C24H25NO. The standard InChI is InChI=1S/C24H25NO/c26-23-13-11-20(12-14-23)24(19-7-3-1-4-8-19)21-15-17-25(18-16-21)22-9-5-2-6-10-22/h1-14,21,24,26H,15-18H2. The van der Waals surface area contributed by atoms with Crippen LogP contribution in [-0.4, -0.2) is 18.2 Å². The van der Waals surface area contributed by atoms with Crippen molar-refractivity contribution in [1.82, 2.24) is 0 Å². The van der Waals surface area contributed by atoms with Gasteiger partial charge in [0.25, 0.3) is 0 Å². The Labute approximate surface area is 155 Å². The predicted molar refractivity (Wildman–Crippen MR) is 108 cm³/mol. The number of anilines is 1. The van der Waals surface area contributed by atoms with Crippen molar-refractivity contribution in [3.63, 3.8) is 0 Å². The van der Waals surface area contributed by atoms with E-state index in [2.05, 4.69) is 77.7 Å². The van der Waals surface area contributed by atoms with E-state index >= 15 is 0 Å². The molecule has 0 aliphatic carbocycles. The van der Waals surface area contributed by atoms with Crippen LogP contribution in [0.1, 0.15) is 29.9 Å². The first-order chi connectivity index (χ1) is 12.8. The molecule has 0 bridgehead atoms. The maximum absolute atomic E-state index is 9.67. The number of hydrogen-bond acceptors (Lipinski definition) is 2. The average Bonchev–Trinajstić information content (AvgIpc) is 2.72. The summed E-state index contributed by atoms with van der Waals surface area (Å²) >= 11 is 0. The summed E-state index contributed by atoms with van der Waals surface area (Å²) in [7, 11) is 0. The van der Waals surface area contributed by atoms with Crippen LogP contribution < -0.4 is 4.90 Å². The van der Waals surface area contributed by atoms with Crippen LogP contribution in [0.2, 0.25) is 0 Å². The van der Waals surface area contributed by atoms with Gasteiger partial charge in [-0.2, -0.15) is 0 Å². The molecule has 1 aliphatic rings. The Kier molecular flexibility index (Phi) is 4.92. The van der Waals surface area contributed by atoms with E-state index in [1.165, 1.54) is 29.7 Å². The zero-order chi connectivity index (χ0) is 17.8. The van der Waals surface area contributed by atoms with Crippen LogP contribution in [0.3, 0.4) is 0 Å². The number of phenols is 1. The minimum atomic E-state index is 0.333. The highest BCUT2D eigenvalue weighted by atomic mass is 16.3. The van der Waals surface area contributed by atoms with Crippen LogP contribution in [0.15, 0.2) is 84.9 Å². The van der Waals surface area contributed by atoms with Crippen molar-refractivity contribution in [1.29, 1.82) is 0 Å². The fourth-order valence-corrected chi connectivity index (χ4v) is 4.21. The summed E-state index contributed by atoms with van der Waals surface area (Å²) in [5, 5.41) is 9.67. The Morgan fingerprint density at radius 3 is 1.85 bits per heavy atom. The molecule has 1 aliphatic heterocycles. The molecule has 1 fully saturated rings. The van der Waals surface area contributed by atoms with Gasteiger partial charge in [0.1, 0.15) is 5.75 Å². The van der Waals surface area contributed by atoms with E-state index in [0.29, 0.717) is 17.6 Å². The third kappa shape index (κ3) is 3.60. The Balaban J connectivity index is 1.56. The highest BCUT2D eigenvalue weighted by Gasteiger charge is 2.29. The lowest BCUT2D eigenvalue weighted by Gasteiger charge is -2.37. The molecule has 132 valence electrons. The van der Waals surface area contributed by atoms with Crippen molar-refractivity contribution in [2.24, 2.45) is 5.92 Å². The number of nitrogens with zero attached hydrogens (tertiary/aromatic N) is 1. The summed E-state index contributed by atoms with van der Waals surface area (Å²) in [4.78, 5) is 2.50. The molecule has 3 aromatic carbocycles. The van der Waals surface area contributed by atoms with Gasteiger partial charge < -0.3 is 10.0 Å². The molecule has 0 radical (unpaired) electrons. The molecule has 2 heteroatoms. The first-order valence-corrected chi connectivity index (χ1v) is 9.45. The van der Waals surface area contributed by atoms with E-state index < -0.39 is 0 Å². The van der Waals surface area contributed by atoms with Gasteiger partial charge in [-0.1, -0.05) is 60.7 Å². The average molecular weight is 343 g/mol. The van der Waals surface area contributed by atoms with Gasteiger partial charge in [-0.25, -0.2) is 0 Å². The summed E-state index contributed by atoms with van der Waals surface area (Å²) in [6.07, 6.45) is 2.35. The highest BCUT2D eigenvalue weighted by molar-refractivity contribution is 5.46. The monoisotopic (exact) mass is 343 g/mol. The lowest BCUT2D eigenvalue weighted by Crippen LogP contribution is -2.35. The Bertz CT molecular complexity index is 806. The van der Waals surface area contributed by atoms with Crippen molar-refractivity contribution < 1.29 is 5.11 Å². The Hall–Kier alpha value is -2.74. The first-order valence-electron chi connectivity index (χ1n) is 9.45. The van der Waals surface area contributed by atoms with Crippen molar-refractivity contribution in [3.05, 3.63) is 96.1 Å². The molecule has 3 aromatic rings. The van der Waals surface area contributed by atoms with Gasteiger partial charge in [-0.3, -0.25) is 0 Å². The van der Waals surface area contributed by atoms with E-state index in [1.54, 1.807) is 0 Å². The Morgan fingerprint density at radius 2 is 1.23 bits per heavy atom. The molecule has 0 spiro atoms. The summed E-state index contributed by atoms with van der Waals surface area (Å²) in [6.45, 7) is 2.19. The van der Waals surface area contributed by atoms with Crippen molar-refractivity contribution in [2.45, 2.75) is 18.8 Å². The van der Waals surface area contributed by atoms with E-state index in [9.17, 15) is 5.11 Å². The minimum Gasteiger partial charge on any atom is -0.508 e. The van der Waals surface area contributed by atoms with Gasteiger partial charge in [-0.05, 0) is 54.2 Å². The second kappa shape index (κ2) is 7.65. The normalized spacial score (nSPS) is 16.4. The van der Waals surface area contributed by atoms with Crippen LogP contribution in [0, 0.1) is 5.92 Å². The molecule has 2 nitrogen and oxygen atoms in total. The van der Waals surface area contributed by atoms with Crippen LogP contribution in [0.5, 0.6) is 5.75 Å². The maximum Gasteiger partial charge on any atom is 0.115 e. The van der Waals surface area contributed by atoms with Gasteiger partial charge in [0.15, 0.2) is 0 Å². The number of rotatable bonds is 4. The second-order valence-electron chi connectivity index (χ2n) is 7.14. The summed E-state index contributed by atoms with van der Waals surface area (Å²) < 4.78 is 0. The van der Waals surface area contributed by atoms with Gasteiger partial charge >= 0.3 is 0 Å². The summed E-state index contributed by atoms with van der Waals surface area (Å²) in [6, 6.07) is 29.3. The number of hydrogen-bond donors (Lipinski definition) is 1. The first kappa shape index (κ1) is 16.7. The molecule has 26 heavy (non-hydrogen) atoms. The zero-order valence-electron chi connectivity index (χ0n) is 15.0. The maximum atomic E-state index is 9.67. The van der Waals surface area contributed by atoms with Gasteiger partial charge in [0, 0.05) is 24.7 Å². The third-order valence-corrected chi connectivity index (χ3v) is 5.54. The molecule has 1 unspecified atom stereocenters. The van der Waals surface area contributed by atoms with Crippen LogP contribution in [0.4, 0.5) is 5.69 Å². The molecule has 1 N–H and O–H groups in total. The molecule has 1 heterocycles. The number of benzene rings is 3. The van der Waals surface area contributed by atoms with Crippen molar-refractivity contribution in [3.8, 4) is 5.75 Å². The summed E-state index contributed by atoms with van der Waals surface area (Å²) in [5.74, 6) is 1.33. The molecule has 1 atom stereocenters. The van der Waals surface area contributed by atoms with Crippen LogP contribution >= 0.6 is 0 Å². The summed E-state index contributed by atoms with van der Waals surface area (Å²) in [5.41, 5.74) is 4.00. The van der Waals surface area contributed by atoms with Gasteiger partial charge in [0.05, 0.1) is 0 Å². The van der Waals surface area contributed by atoms with Crippen molar-refractivity contribution >= 4 is 5.69 Å².